The molecule has 2 unspecified atom stereocenters. The fourth-order valence-corrected chi connectivity index (χ4v) is 2.29. The highest BCUT2D eigenvalue weighted by Crippen LogP contribution is 2.20. The lowest BCUT2D eigenvalue weighted by molar-refractivity contribution is -0.122. The van der Waals surface area contributed by atoms with Gasteiger partial charge >= 0.3 is 0 Å². The van der Waals surface area contributed by atoms with Crippen LogP contribution in [0.5, 0.6) is 5.75 Å². The summed E-state index contributed by atoms with van der Waals surface area (Å²) in [5.41, 5.74) is 0.662. The van der Waals surface area contributed by atoms with Gasteiger partial charge in [0, 0.05) is 18.8 Å². The summed E-state index contributed by atoms with van der Waals surface area (Å²) in [5, 5.41) is 8.55. The van der Waals surface area contributed by atoms with Crippen LogP contribution in [0.2, 0.25) is 0 Å². The summed E-state index contributed by atoms with van der Waals surface area (Å²) in [7, 11) is 1.55. The number of ether oxygens (including phenoxy) is 1. The van der Waals surface area contributed by atoms with Crippen molar-refractivity contribution in [3.05, 3.63) is 24.3 Å². The molecule has 0 aliphatic carbocycles. The van der Waals surface area contributed by atoms with Gasteiger partial charge in [-0.1, -0.05) is 13.0 Å². The zero-order chi connectivity index (χ0) is 15.2. The molecule has 1 aromatic rings. The molecule has 1 aliphatic rings. The second-order valence-electron chi connectivity index (χ2n) is 5.18. The van der Waals surface area contributed by atoms with E-state index in [1.165, 1.54) is 0 Å². The van der Waals surface area contributed by atoms with E-state index in [1.54, 1.807) is 31.3 Å². The van der Waals surface area contributed by atoms with Crippen molar-refractivity contribution >= 4 is 17.5 Å². The van der Waals surface area contributed by atoms with Crippen molar-refractivity contribution < 1.29 is 14.3 Å². The molecule has 2 amide bonds. The van der Waals surface area contributed by atoms with Gasteiger partial charge in [-0.05, 0) is 31.0 Å². The van der Waals surface area contributed by atoms with Gasteiger partial charge in [0.15, 0.2) is 6.61 Å². The van der Waals surface area contributed by atoms with Crippen LogP contribution in [0.3, 0.4) is 0 Å². The molecule has 6 nitrogen and oxygen atoms in total. The van der Waals surface area contributed by atoms with E-state index in [2.05, 4.69) is 22.9 Å². The second kappa shape index (κ2) is 7.08. The molecule has 114 valence electrons. The predicted octanol–water partition coefficient (Wildman–Crippen LogP) is 0.748. The Kier molecular flexibility index (Phi) is 5.16. The lowest BCUT2D eigenvalue weighted by Crippen LogP contribution is -2.39. The van der Waals surface area contributed by atoms with Gasteiger partial charge in [0.2, 0.25) is 5.91 Å². The fourth-order valence-electron chi connectivity index (χ4n) is 2.29. The predicted molar refractivity (Wildman–Crippen MR) is 80.2 cm³/mol. The molecular formula is C15H21N3O3. The Morgan fingerprint density at radius 1 is 1.43 bits per heavy atom. The maximum absolute atomic E-state index is 12.2. The third-order valence-corrected chi connectivity index (χ3v) is 3.57. The SMILES string of the molecule is CNC(=O)COc1cccc(NC(=O)C2NCCC2C)c1. The van der Waals surface area contributed by atoms with Gasteiger partial charge in [0.1, 0.15) is 5.75 Å². The highest BCUT2D eigenvalue weighted by atomic mass is 16.5. The lowest BCUT2D eigenvalue weighted by atomic mass is 10.0. The minimum Gasteiger partial charge on any atom is -0.484 e. The molecule has 1 saturated heterocycles. The zero-order valence-corrected chi connectivity index (χ0v) is 12.3. The van der Waals surface area contributed by atoms with E-state index in [4.69, 9.17) is 4.74 Å². The molecular weight excluding hydrogens is 270 g/mol. The molecule has 6 heteroatoms. The van der Waals surface area contributed by atoms with Crippen molar-refractivity contribution in [2.75, 3.05) is 25.5 Å². The Labute approximate surface area is 124 Å². The Morgan fingerprint density at radius 2 is 2.24 bits per heavy atom. The molecule has 0 bridgehead atoms. The molecule has 1 aromatic carbocycles. The van der Waals surface area contributed by atoms with Crippen molar-refractivity contribution in [3.63, 3.8) is 0 Å². The average molecular weight is 291 g/mol. The van der Waals surface area contributed by atoms with Gasteiger partial charge in [0.05, 0.1) is 6.04 Å². The molecule has 0 radical (unpaired) electrons. The first kappa shape index (κ1) is 15.3. The van der Waals surface area contributed by atoms with Crippen molar-refractivity contribution in [2.24, 2.45) is 5.92 Å². The van der Waals surface area contributed by atoms with Crippen molar-refractivity contribution in [1.29, 1.82) is 0 Å². The van der Waals surface area contributed by atoms with Crippen LogP contribution in [-0.4, -0.2) is 38.1 Å². The highest BCUT2D eigenvalue weighted by molar-refractivity contribution is 5.95. The van der Waals surface area contributed by atoms with E-state index in [1.807, 2.05) is 0 Å². The summed E-state index contributed by atoms with van der Waals surface area (Å²) in [6.45, 7) is 2.89. The van der Waals surface area contributed by atoms with Crippen LogP contribution in [0.15, 0.2) is 24.3 Å². The third kappa shape index (κ3) is 4.19. The van der Waals surface area contributed by atoms with Gasteiger partial charge in [-0.25, -0.2) is 0 Å². The zero-order valence-electron chi connectivity index (χ0n) is 12.3. The number of carbonyl (C=O) groups excluding carboxylic acids is 2. The van der Waals surface area contributed by atoms with E-state index < -0.39 is 0 Å². The summed E-state index contributed by atoms with van der Waals surface area (Å²) in [6, 6.07) is 6.88. The van der Waals surface area contributed by atoms with Crippen LogP contribution in [-0.2, 0) is 9.59 Å². The minimum atomic E-state index is -0.201. The quantitative estimate of drug-likeness (QED) is 0.748. The number of amides is 2. The smallest absolute Gasteiger partial charge is 0.257 e. The molecule has 3 N–H and O–H groups in total. The molecule has 2 atom stereocenters. The van der Waals surface area contributed by atoms with Gasteiger partial charge in [0.25, 0.3) is 5.91 Å². The van der Waals surface area contributed by atoms with Crippen LogP contribution >= 0.6 is 0 Å². The maximum atomic E-state index is 12.2. The Morgan fingerprint density at radius 3 is 2.90 bits per heavy atom. The van der Waals surface area contributed by atoms with Gasteiger partial charge < -0.3 is 20.7 Å². The van der Waals surface area contributed by atoms with Crippen LogP contribution in [0, 0.1) is 5.92 Å². The monoisotopic (exact) mass is 291 g/mol. The molecule has 0 saturated carbocycles. The van der Waals surface area contributed by atoms with E-state index in [0.717, 1.165) is 13.0 Å². The lowest BCUT2D eigenvalue weighted by Gasteiger charge is -2.16. The first-order chi connectivity index (χ1) is 10.1. The number of hydrogen-bond acceptors (Lipinski definition) is 4. The molecule has 1 heterocycles. The average Bonchev–Trinajstić information content (AvgIpc) is 2.91. The number of nitrogens with one attached hydrogen (secondary N) is 3. The largest absolute Gasteiger partial charge is 0.484 e. The highest BCUT2D eigenvalue weighted by Gasteiger charge is 2.29. The second-order valence-corrected chi connectivity index (χ2v) is 5.18. The third-order valence-electron chi connectivity index (χ3n) is 3.57. The Bertz CT molecular complexity index is 519. The molecule has 1 aliphatic heterocycles. The van der Waals surface area contributed by atoms with Crippen molar-refractivity contribution in [1.82, 2.24) is 10.6 Å². The van der Waals surface area contributed by atoms with Gasteiger partial charge in [-0.15, -0.1) is 0 Å². The molecule has 0 spiro atoms. The number of carbonyl (C=O) groups is 2. The standard InChI is InChI=1S/C15H21N3O3/c1-10-6-7-17-14(10)15(20)18-11-4-3-5-12(8-11)21-9-13(19)16-2/h3-5,8,10,14,17H,6-7,9H2,1-2H3,(H,16,19)(H,18,20). The summed E-state index contributed by atoms with van der Waals surface area (Å²) in [4.78, 5) is 23.3. The summed E-state index contributed by atoms with van der Waals surface area (Å²) >= 11 is 0. The van der Waals surface area contributed by atoms with Crippen LogP contribution in [0.4, 0.5) is 5.69 Å². The van der Waals surface area contributed by atoms with Crippen LogP contribution in [0.1, 0.15) is 13.3 Å². The number of rotatable bonds is 5. The molecule has 2 rings (SSSR count). The van der Waals surface area contributed by atoms with Crippen LogP contribution in [0.25, 0.3) is 0 Å². The first-order valence-corrected chi connectivity index (χ1v) is 7.08. The molecule has 21 heavy (non-hydrogen) atoms. The summed E-state index contributed by atoms with van der Waals surface area (Å²) < 4.78 is 5.35. The number of hydrogen-bond donors (Lipinski definition) is 3. The number of likely N-dealkylation sites (N-methyl/N-ethyl adjacent to an activating group) is 1. The van der Waals surface area contributed by atoms with Crippen LogP contribution < -0.4 is 20.7 Å². The molecule has 1 fully saturated rings. The van der Waals surface area contributed by atoms with E-state index in [0.29, 0.717) is 17.4 Å². The number of benzene rings is 1. The van der Waals surface area contributed by atoms with E-state index >= 15 is 0 Å². The Balaban J connectivity index is 1.94. The van der Waals surface area contributed by atoms with E-state index in [-0.39, 0.29) is 24.5 Å². The molecule has 0 aromatic heterocycles. The fraction of sp³-hybridized carbons (Fsp3) is 0.467. The van der Waals surface area contributed by atoms with E-state index in [9.17, 15) is 9.59 Å². The maximum Gasteiger partial charge on any atom is 0.257 e. The normalized spacial score (nSPS) is 20.9. The summed E-state index contributed by atoms with van der Waals surface area (Å²) in [5.74, 6) is 0.637. The van der Waals surface area contributed by atoms with Gasteiger partial charge in [-0.2, -0.15) is 0 Å². The Hall–Kier alpha value is -2.08. The first-order valence-electron chi connectivity index (χ1n) is 7.08. The summed E-state index contributed by atoms with van der Waals surface area (Å²) in [6.07, 6.45) is 1.01. The van der Waals surface area contributed by atoms with Crippen molar-refractivity contribution in [2.45, 2.75) is 19.4 Å². The van der Waals surface area contributed by atoms with Crippen molar-refractivity contribution in [3.8, 4) is 5.75 Å². The minimum absolute atomic E-state index is 0.0385. The number of anilines is 1. The van der Waals surface area contributed by atoms with Gasteiger partial charge in [-0.3, -0.25) is 9.59 Å². The topological polar surface area (TPSA) is 79.5 Å².